The molecule has 28 heavy (non-hydrogen) atoms. The van der Waals surface area contributed by atoms with Gasteiger partial charge in [-0.1, -0.05) is 0 Å². The molecule has 4 N–H and O–H groups in total. The van der Waals surface area contributed by atoms with E-state index in [0.717, 1.165) is 18.6 Å². The molecular weight excluding hydrogens is 387 g/mol. The van der Waals surface area contributed by atoms with E-state index in [1.54, 1.807) is 0 Å². The quantitative estimate of drug-likeness (QED) is 0.561. The number of carbonyl (C=O) groups is 1. The molecule has 4 atom stereocenters. The number of carboxylic acids is 1. The van der Waals surface area contributed by atoms with Gasteiger partial charge in [-0.25, -0.2) is 14.8 Å². The SMILES string of the molecule is O=C(O)c1cnc([C@H]2OC[C@H](O)[C@H](O)[C@H]2Nc2cncc(C(F)(F)F)n2)cn1. The minimum Gasteiger partial charge on any atom is -0.476 e. The highest BCUT2D eigenvalue weighted by molar-refractivity contribution is 5.84. The van der Waals surface area contributed by atoms with E-state index in [9.17, 15) is 28.2 Å². The standard InChI is InChI=1S/C15H14F3N5O5/c16-15(17,18)9-3-19-4-10(22-9)23-11-12(25)8(24)5-28-13(11)6-1-21-7(2-20-6)14(26)27/h1-4,8,11-13,24-25H,5H2,(H,22,23)(H,26,27)/t8-,11+,12-,13+/m0/s1. The van der Waals surface area contributed by atoms with Crippen LogP contribution >= 0.6 is 0 Å². The number of aliphatic hydroxyl groups is 2. The van der Waals surface area contributed by atoms with Crippen molar-refractivity contribution in [3.05, 3.63) is 41.9 Å². The monoisotopic (exact) mass is 401 g/mol. The van der Waals surface area contributed by atoms with E-state index >= 15 is 0 Å². The van der Waals surface area contributed by atoms with E-state index in [0.29, 0.717) is 6.20 Å². The number of hydrogen-bond donors (Lipinski definition) is 4. The van der Waals surface area contributed by atoms with Gasteiger partial charge in [0.2, 0.25) is 0 Å². The Hall–Kier alpha value is -2.90. The van der Waals surface area contributed by atoms with Crippen LogP contribution in [0.5, 0.6) is 0 Å². The van der Waals surface area contributed by atoms with Crippen LogP contribution in [0.15, 0.2) is 24.8 Å². The summed E-state index contributed by atoms with van der Waals surface area (Å²) in [6, 6.07) is -1.16. The molecule has 1 fully saturated rings. The maximum atomic E-state index is 12.8. The fourth-order valence-electron chi connectivity index (χ4n) is 2.59. The predicted octanol–water partition coefficient (Wildman–Crippen LogP) is 0.257. The van der Waals surface area contributed by atoms with Crippen LogP contribution in [-0.4, -0.2) is 66.1 Å². The van der Waals surface area contributed by atoms with Gasteiger partial charge in [0, 0.05) is 0 Å². The number of alkyl halides is 3. The van der Waals surface area contributed by atoms with Crippen LogP contribution < -0.4 is 5.32 Å². The molecule has 1 aliphatic heterocycles. The lowest BCUT2D eigenvalue weighted by atomic mass is 9.95. The van der Waals surface area contributed by atoms with Gasteiger partial charge in [0.25, 0.3) is 0 Å². The second kappa shape index (κ2) is 7.61. The van der Waals surface area contributed by atoms with Gasteiger partial charge in [-0.05, 0) is 0 Å². The molecular formula is C15H14F3N5O5. The van der Waals surface area contributed by atoms with Gasteiger partial charge in [0.05, 0.1) is 43.1 Å². The van der Waals surface area contributed by atoms with E-state index < -0.39 is 42.2 Å². The van der Waals surface area contributed by atoms with Gasteiger partial charge >= 0.3 is 12.1 Å². The van der Waals surface area contributed by atoms with Crippen molar-refractivity contribution in [1.82, 2.24) is 19.9 Å². The number of nitrogens with one attached hydrogen (secondary N) is 1. The summed E-state index contributed by atoms with van der Waals surface area (Å²) in [5, 5.41) is 31.6. The fraction of sp³-hybridized carbons (Fsp3) is 0.400. The van der Waals surface area contributed by atoms with Gasteiger partial charge in [-0.2, -0.15) is 13.2 Å². The molecule has 3 heterocycles. The fourth-order valence-corrected chi connectivity index (χ4v) is 2.59. The third kappa shape index (κ3) is 4.16. The van der Waals surface area contributed by atoms with E-state index in [2.05, 4.69) is 25.3 Å². The van der Waals surface area contributed by atoms with Crippen LogP contribution in [0, 0.1) is 0 Å². The van der Waals surface area contributed by atoms with Crippen LogP contribution in [0.1, 0.15) is 28.0 Å². The number of carboxylic acid groups (broad SMARTS) is 1. The second-order valence-corrected chi connectivity index (χ2v) is 5.90. The molecule has 1 saturated heterocycles. The largest absolute Gasteiger partial charge is 0.476 e. The molecule has 2 aromatic heterocycles. The number of rotatable bonds is 4. The zero-order valence-electron chi connectivity index (χ0n) is 13.9. The van der Waals surface area contributed by atoms with Gasteiger partial charge < -0.3 is 25.4 Å². The normalized spacial score (nSPS) is 25.3. The highest BCUT2D eigenvalue weighted by atomic mass is 19.4. The molecule has 0 unspecified atom stereocenters. The van der Waals surface area contributed by atoms with Crippen molar-refractivity contribution >= 4 is 11.8 Å². The molecule has 3 rings (SSSR count). The van der Waals surface area contributed by atoms with E-state index in [1.807, 2.05) is 0 Å². The molecule has 0 radical (unpaired) electrons. The lowest BCUT2D eigenvalue weighted by Gasteiger charge is -2.38. The highest BCUT2D eigenvalue weighted by Crippen LogP contribution is 2.31. The van der Waals surface area contributed by atoms with Gasteiger partial charge in [0.15, 0.2) is 11.4 Å². The maximum Gasteiger partial charge on any atom is 0.434 e. The summed E-state index contributed by atoms with van der Waals surface area (Å²) >= 11 is 0. The van der Waals surface area contributed by atoms with Crippen molar-refractivity contribution in [1.29, 1.82) is 0 Å². The number of nitrogens with zero attached hydrogens (tertiary/aromatic N) is 4. The number of aromatic nitrogens is 4. The molecule has 0 bridgehead atoms. The molecule has 0 saturated carbocycles. The number of halogens is 3. The summed E-state index contributed by atoms with van der Waals surface area (Å²) in [5.74, 6) is -1.61. The zero-order chi connectivity index (χ0) is 20.5. The van der Waals surface area contributed by atoms with Crippen molar-refractivity contribution < 1.29 is 38.0 Å². The molecule has 13 heteroatoms. The van der Waals surface area contributed by atoms with E-state index in [1.165, 1.54) is 0 Å². The van der Waals surface area contributed by atoms with Crippen molar-refractivity contribution in [3.8, 4) is 0 Å². The Bertz CT molecular complexity index is 851. The summed E-state index contributed by atoms with van der Waals surface area (Å²) in [4.78, 5) is 25.4. The Morgan fingerprint density at radius 2 is 1.93 bits per heavy atom. The van der Waals surface area contributed by atoms with Crippen LogP contribution in [0.3, 0.4) is 0 Å². The first kappa shape index (κ1) is 19.9. The number of aliphatic hydroxyl groups excluding tert-OH is 2. The summed E-state index contributed by atoms with van der Waals surface area (Å²) in [6.45, 7) is -0.277. The van der Waals surface area contributed by atoms with E-state index in [4.69, 9.17) is 9.84 Å². The van der Waals surface area contributed by atoms with E-state index in [-0.39, 0.29) is 23.8 Å². The zero-order valence-corrected chi connectivity index (χ0v) is 13.9. The Balaban J connectivity index is 1.89. The molecule has 10 nitrogen and oxygen atoms in total. The number of hydrogen-bond acceptors (Lipinski definition) is 9. The van der Waals surface area contributed by atoms with Crippen LogP contribution in [0.2, 0.25) is 0 Å². The van der Waals surface area contributed by atoms with Crippen LogP contribution in [0.25, 0.3) is 0 Å². The average molecular weight is 401 g/mol. The summed E-state index contributed by atoms with van der Waals surface area (Å²) in [5.41, 5.74) is -1.46. The molecule has 0 spiro atoms. The summed E-state index contributed by atoms with van der Waals surface area (Å²) in [7, 11) is 0. The van der Waals surface area contributed by atoms with Crippen molar-refractivity contribution in [2.45, 2.75) is 30.5 Å². The minimum atomic E-state index is -4.72. The van der Waals surface area contributed by atoms with Crippen LogP contribution in [-0.2, 0) is 10.9 Å². The third-order valence-corrected chi connectivity index (χ3v) is 3.96. The van der Waals surface area contributed by atoms with Gasteiger partial charge in [-0.15, -0.1) is 0 Å². The molecule has 2 aromatic rings. The molecule has 0 aromatic carbocycles. The lowest BCUT2D eigenvalue weighted by Crippen LogP contribution is -2.53. The molecule has 0 aliphatic carbocycles. The number of anilines is 1. The predicted molar refractivity (Wildman–Crippen MR) is 84.1 cm³/mol. The number of ether oxygens (including phenoxy) is 1. The van der Waals surface area contributed by atoms with Crippen molar-refractivity contribution in [2.75, 3.05) is 11.9 Å². The molecule has 150 valence electrons. The molecule has 0 amide bonds. The van der Waals surface area contributed by atoms with Gasteiger partial charge in [-0.3, -0.25) is 9.97 Å². The molecule has 1 aliphatic rings. The smallest absolute Gasteiger partial charge is 0.434 e. The third-order valence-electron chi connectivity index (χ3n) is 3.96. The Morgan fingerprint density at radius 1 is 1.18 bits per heavy atom. The topological polar surface area (TPSA) is 151 Å². The number of aromatic carboxylic acids is 1. The minimum absolute atomic E-state index is 0.105. The Labute approximate surface area is 155 Å². The van der Waals surface area contributed by atoms with Crippen LogP contribution in [0.4, 0.5) is 19.0 Å². The highest BCUT2D eigenvalue weighted by Gasteiger charge is 2.41. The first-order chi connectivity index (χ1) is 13.2. The second-order valence-electron chi connectivity index (χ2n) is 5.90. The van der Waals surface area contributed by atoms with Crippen molar-refractivity contribution in [2.24, 2.45) is 0 Å². The Morgan fingerprint density at radius 3 is 2.54 bits per heavy atom. The first-order valence-electron chi connectivity index (χ1n) is 7.85. The average Bonchev–Trinajstić information content (AvgIpc) is 2.65. The summed E-state index contributed by atoms with van der Waals surface area (Å²) < 4.78 is 43.9. The lowest BCUT2D eigenvalue weighted by molar-refractivity contribution is -0.141. The van der Waals surface area contributed by atoms with Crippen molar-refractivity contribution in [3.63, 3.8) is 0 Å². The maximum absolute atomic E-state index is 12.8. The Kier molecular flexibility index (Phi) is 5.40. The summed E-state index contributed by atoms with van der Waals surface area (Å²) in [6.07, 6.45) is -4.91. The van der Waals surface area contributed by atoms with Gasteiger partial charge in [0.1, 0.15) is 24.1 Å². The first-order valence-corrected chi connectivity index (χ1v) is 7.85.